The van der Waals surface area contributed by atoms with Crippen LogP contribution in [-0.4, -0.2) is 57.8 Å². The van der Waals surface area contributed by atoms with E-state index in [1.165, 1.54) is 25.9 Å². The first-order valence-corrected chi connectivity index (χ1v) is 6.81. The summed E-state index contributed by atoms with van der Waals surface area (Å²) < 4.78 is 1.79. The Labute approximate surface area is 108 Å². The molecule has 6 nitrogen and oxygen atoms in total. The Balaban J connectivity index is 1.59. The van der Waals surface area contributed by atoms with Gasteiger partial charge in [0.2, 0.25) is 0 Å². The van der Waals surface area contributed by atoms with E-state index < -0.39 is 0 Å². The first kappa shape index (κ1) is 13.5. The molecule has 0 unspecified atom stereocenters. The molecule has 2 rings (SSSR count). The second kappa shape index (κ2) is 7.45. The normalized spacial score (nSPS) is 16.5. The number of hydrogen-bond acceptors (Lipinski definition) is 5. The van der Waals surface area contributed by atoms with Crippen LogP contribution in [0.5, 0.6) is 0 Å². The summed E-state index contributed by atoms with van der Waals surface area (Å²) >= 11 is 0. The van der Waals surface area contributed by atoms with Crippen LogP contribution in [0.25, 0.3) is 0 Å². The fourth-order valence-electron chi connectivity index (χ4n) is 2.22. The van der Waals surface area contributed by atoms with Crippen molar-refractivity contribution in [2.75, 3.05) is 32.8 Å². The van der Waals surface area contributed by atoms with Gasteiger partial charge in [0, 0.05) is 39.0 Å². The zero-order chi connectivity index (χ0) is 12.6. The summed E-state index contributed by atoms with van der Waals surface area (Å²) in [6.45, 7) is 6.33. The molecule has 0 radical (unpaired) electrons. The van der Waals surface area contributed by atoms with Crippen molar-refractivity contribution in [3.8, 4) is 0 Å². The number of aryl methyl sites for hydroxylation is 1. The van der Waals surface area contributed by atoms with Crippen molar-refractivity contribution in [2.45, 2.75) is 32.4 Å². The van der Waals surface area contributed by atoms with E-state index in [-0.39, 0.29) is 6.61 Å². The van der Waals surface area contributed by atoms with E-state index in [0.29, 0.717) is 0 Å². The minimum absolute atomic E-state index is 0.198. The zero-order valence-electron chi connectivity index (χ0n) is 10.9. The van der Waals surface area contributed by atoms with Gasteiger partial charge < -0.3 is 15.3 Å². The van der Waals surface area contributed by atoms with Crippen LogP contribution < -0.4 is 5.32 Å². The molecule has 0 aliphatic carbocycles. The average Bonchev–Trinajstić information content (AvgIpc) is 3.04. The standard InChI is InChI=1S/C12H23N5O/c18-9-3-7-17-11-12(14-15-17)10-13-4-8-16-5-1-2-6-16/h11,13,18H,1-10H2. The first-order chi connectivity index (χ1) is 8.88. The van der Waals surface area contributed by atoms with Gasteiger partial charge >= 0.3 is 0 Å². The molecule has 1 fully saturated rings. The second-order valence-electron chi connectivity index (χ2n) is 4.78. The van der Waals surface area contributed by atoms with E-state index in [9.17, 15) is 0 Å². The maximum Gasteiger partial charge on any atom is 0.0964 e. The number of aliphatic hydroxyl groups is 1. The van der Waals surface area contributed by atoms with E-state index in [2.05, 4.69) is 20.5 Å². The molecule has 2 N–H and O–H groups in total. The third-order valence-electron chi connectivity index (χ3n) is 3.24. The topological polar surface area (TPSA) is 66.2 Å². The zero-order valence-corrected chi connectivity index (χ0v) is 10.9. The Hall–Kier alpha value is -0.980. The SMILES string of the molecule is OCCCn1cc(CNCCN2CCCC2)nn1. The third kappa shape index (κ3) is 4.36. The minimum atomic E-state index is 0.198. The number of aromatic nitrogens is 3. The van der Waals surface area contributed by atoms with Crippen LogP contribution in [0.4, 0.5) is 0 Å². The lowest BCUT2D eigenvalue weighted by Gasteiger charge is -2.14. The lowest BCUT2D eigenvalue weighted by atomic mass is 10.4. The van der Waals surface area contributed by atoms with Gasteiger partial charge in [-0.1, -0.05) is 5.21 Å². The van der Waals surface area contributed by atoms with Crippen molar-refractivity contribution in [2.24, 2.45) is 0 Å². The molecule has 1 aliphatic rings. The van der Waals surface area contributed by atoms with E-state index in [1.54, 1.807) is 4.68 Å². The van der Waals surface area contributed by atoms with E-state index in [0.717, 1.165) is 38.3 Å². The van der Waals surface area contributed by atoms with Gasteiger partial charge in [0.15, 0.2) is 0 Å². The Kier molecular flexibility index (Phi) is 5.57. The largest absolute Gasteiger partial charge is 0.396 e. The minimum Gasteiger partial charge on any atom is -0.396 e. The summed E-state index contributed by atoms with van der Waals surface area (Å²) in [6, 6.07) is 0. The monoisotopic (exact) mass is 253 g/mol. The molecular formula is C12H23N5O. The van der Waals surface area contributed by atoms with Crippen LogP contribution in [0.2, 0.25) is 0 Å². The molecule has 0 spiro atoms. The van der Waals surface area contributed by atoms with Gasteiger partial charge in [-0.05, 0) is 32.4 Å². The molecular weight excluding hydrogens is 230 g/mol. The van der Waals surface area contributed by atoms with Gasteiger partial charge in [-0.25, -0.2) is 0 Å². The van der Waals surface area contributed by atoms with Crippen molar-refractivity contribution < 1.29 is 5.11 Å². The molecule has 0 atom stereocenters. The van der Waals surface area contributed by atoms with Gasteiger partial charge in [-0.15, -0.1) is 5.10 Å². The fraction of sp³-hybridized carbons (Fsp3) is 0.833. The highest BCUT2D eigenvalue weighted by molar-refractivity contribution is 4.91. The summed E-state index contributed by atoms with van der Waals surface area (Å²) in [5.41, 5.74) is 0.967. The molecule has 0 saturated carbocycles. The molecule has 1 aliphatic heterocycles. The molecule has 102 valence electrons. The van der Waals surface area contributed by atoms with Crippen molar-refractivity contribution in [3.05, 3.63) is 11.9 Å². The van der Waals surface area contributed by atoms with Crippen molar-refractivity contribution in [1.29, 1.82) is 0 Å². The number of aliphatic hydroxyl groups excluding tert-OH is 1. The van der Waals surface area contributed by atoms with Crippen molar-refractivity contribution in [1.82, 2.24) is 25.2 Å². The quantitative estimate of drug-likeness (QED) is 0.631. The number of likely N-dealkylation sites (tertiary alicyclic amines) is 1. The molecule has 1 aromatic heterocycles. The highest BCUT2D eigenvalue weighted by atomic mass is 16.3. The highest BCUT2D eigenvalue weighted by Gasteiger charge is 2.10. The number of hydrogen-bond donors (Lipinski definition) is 2. The Bertz CT molecular complexity index is 335. The first-order valence-electron chi connectivity index (χ1n) is 6.81. The maximum absolute atomic E-state index is 8.73. The third-order valence-corrected chi connectivity index (χ3v) is 3.24. The Morgan fingerprint density at radius 2 is 2.11 bits per heavy atom. The summed E-state index contributed by atoms with van der Waals surface area (Å²) in [7, 11) is 0. The lowest BCUT2D eigenvalue weighted by molar-refractivity contribution is 0.276. The van der Waals surface area contributed by atoms with Crippen LogP contribution in [0.3, 0.4) is 0 Å². The van der Waals surface area contributed by atoms with Crippen LogP contribution in [0.1, 0.15) is 25.0 Å². The summed E-state index contributed by atoms with van der Waals surface area (Å²) in [6.07, 6.45) is 5.36. The second-order valence-corrected chi connectivity index (χ2v) is 4.78. The Morgan fingerprint density at radius 1 is 1.28 bits per heavy atom. The fourth-order valence-corrected chi connectivity index (χ4v) is 2.22. The molecule has 2 heterocycles. The van der Waals surface area contributed by atoms with Gasteiger partial charge in [-0.3, -0.25) is 4.68 Å². The smallest absolute Gasteiger partial charge is 0.0964 e. The molecule has 0 aromatic carbocycles. The molecule has 18 heavy (non-hydrogen) atoms. The predicted octanol–water partition coefficient (Wildman–Crippen LogP) is -0.154. The predicted molar refractivity (Wildman–Crippen MR) is 69.1 cm³/mol. The van der Waals surface area contributed by atoms with Gasteiger partial charge in [0.25, 0.3) is 0 Å². The highest BCUT2D eigenvalue weighted by Crippen LogP contribution is 2.05. The molecule has 0 bridgehead atoms. The van der Waals surface area contributed by atoms with Gasteiger partial charge in [-0.2, -0.15) is 0 Å². The van der Waals surface area contributed by atoms with E-state index in [4.69, 9.17) is 5.11 Å². The van der Waals surface area contributed by atoms with Crippen LogP contribution >= 0.6 is 0 Å². The van der Waals surface area contributed by atoms with Gasteiger partial charge in [0.1, 0.15) is 0 Å². The van der Waals surface area contributed by atoms with Crippen LogP contribution in [0, 0.1) is 0 Å². The van der Waals surface area contributed by atoms with E-state index >= 15 is 0 Å². The lowest BCUT2D eigenvalue weighted by Crippen LogP contribution is -2.29. The van der Waals surface area contributed by atoms with Gasteiger partial charge in [0.05, 0.1) is 5.69 Å². The molecule has 6 heteroatoms. The molecule has 1 aromatic rings. The summed E-state index contributed by atoms with van der Waals surface area (Å²) in [5, 5.41) is 20.2. The molecule has 0 amide bonds. The Morgan fingerprint density at radius 3 is 2.89 bits per heavy atom. The van der Waals surface area contributed by atoms with Crippen molar-refractivity contribution >= 4 is 0 Å². The number of nitrogens with zero attached hydrogens (tertiary/aromatic N) is 4. The summed E-state index contributed by atoms with van der Waals surface area (Å²) in [4.78, 5) is 2.49. The van der Waals surface area contributed by atoms with Crippen LogP contribution in [-0.2, 0) is 13.1 Å². The molecule has 1 saturated heterocycles. The van der Waals surface area contributed by atoms with E-state index in [1.807, 2.05) is 6.20 Å². The maximum atomic E-state index is 8.73. The van der Waals surface area contributed by atoms with Crippen molar-refractivity contribution in [3.63, 3.8) is 0 Å². The van der Waals surface area contributed by atoms with Crippen LogP contribution in [0.15, 0.2) is 6.20 Å². The summed E-state index contributed by atoms with van der Waals surface area (Å²) in [5.74, 6) is 0. The average molecular weight is 253 g/mol. The number of nitrogens with one attached hydrogen (secondary N) is 1. The number of rotatable bonds is 8.